The summed E-state index contributed by atoms with van der Waals surface area (Å²) in [5.74, 6) is -0.219. The van der Waals surface area contributed by atoms with Gasteiger partial charge in [-0.05, 0) is 38.1 Å². The normalized spacial score (nSPS) is 14.4. The summed E-state index contributed by atoms with van der Waals surface area (Å²) in [5.41, 5.74) is 3.45. The van der Waals surface area contributed by atoms with E-state index in [1.165, 1.54) is 15.6 Å². The van der Waals surface area contributed by atoms with Gasteiger partial charge in [-0.25, -0.2) is 13.4 Å². The van der Waals surface area contributed by atoms with E-state index in [4.69, 9.17) is 0 Å². The van der Waals surface area contributed by atoms with Gasteiger partial charge in [-0.3, -0.25) is 10.1 Å². The lowest BCUT2D eigenvalue weighted by Gasteiger charge is -2.25. The monoisotopic (exact) mass is 427 g/mol. The van der Waals surface area contributed by atoms with Crippen LogP contribution in [-0.4, -0.2) is 30.2 Å². The Morgan fingerprint density at radius 2 is 1.86 bits per heavy atom. The van der Waals surface area contributed by atoms with E-state index in [2.05, 4.69) is 10.3 Å². The number of sulfonamides is 1. The standard InChI is InChI=1S/C21H21N3O3S2/c1-14-6-8-17(9-7-14)29(26,27)24-11-10-18-19(13-24)28-21(22-18)23-20(25)16-5-3-4-15(2)12-16/h3-9,12H,10-11,13H2,1-2H3,(H,22,23,25). The third-order valence-electron chi connectivity index (χ3n) is 4.86. The zero-order valence-electron chi connectivity index (χ0n) is 16.2. The highest BCUT2D eigenvalue weighted by Crippen LogP contribution is 2.31. The molecule has 4 rings (SSSR count). The topological polar surface area (TPSA) is 79.4 Å². The van der Waals surface area contributed by atoms with Crippen molar-refractivity contribution in [2.24, 2.45) is 0 Å². The molecule has 1 aliphatic heterocycles. The molecule has 0 saturated heterocycles. The highest BCUT2D eigenvalue weighted by Gasteiger charge is 2.30. The van der Waals surface area contributed by atoms with Gasteiger partial charge in [0.2, 0.25) is 10.0 Å². The minimum atomic E-state index is -3.56. The fourth-order valence-electron chi connectivity index (χ4n) is 3.25. The summed E-state index contributed by atoms with van der Waals surface area (Å²) >= 11 is 1.33. The number of thiazole rings is 1. The third kappa shape index (κ3) is 4.10. The molecule has 0 radical (unpaired) electrons. The number of anilines is 1. The van der Waals surface area contributed by atoms with Crippen molar-refractivity contribution in [3.05, 3.63) is 75.8 Å². The fraction of sp³-hybridized carbons (Fsp3) is 0.238. The molecular weight excluding hydrogens is 406 g/mol. The highest BCUT2D eigenvalue weighted by molar-refractivity contribution is 7.89. The molecule has 8 heteroatoms. The second-order valence-corrected chi connectivity index (χ2v) is 10.1. The van der Waals surface area contributed by atoms with Gasteiger partial charge in [0.15, 0.2) is 5.13 Å². The number of nitrogens with one attached hydrogen (secondary N) is 1. The minimum absolute atomic E-state index is 0.219. The Labute approximate surface area is 174 Å². The number of fused-ring (bicyclic) bond motifs is 1. The number of aryl methyl sites for hydroxylation is 2. The van der Waals surface area contributed by atoms with E-state index in [1.54, 1.807) is 30.3 Å². The molecule has 0 atom stereocenters. The van der Waals surface area contributed by atoms with Crippen molar-refractivity contribution in [3.63, 3.8) is 0 Å². The van der Waals surface area contributed by atoms with E-state index >= 15 is 0 Å². The van der Waals surface area contributed by atoms with Crippen molar-refractivity contribution in [1.82, 2.24) is 9.29 Å². The summed E-state index contributed by atoms with van der Waals surface area (Å²) in [4.78, 5) is 18.1. The summed E-state index contributed by atoms with van der Waals surface area (Å²) in [6.45, 7) is 4.50. The number of carbonyl (C=O) groups is 1. The van der Waals surface area contributed by atoms with Crippen molar-refractivity contribution in [1.29, 1.82) is 0 Å². The van der Waals surface area contributed by atoms with Crippen molar-refractivity contribution in [2.45, 2.75) is 31.7 Å². The molecule has 0 unspecified atom stereocenters. The van der Waals surface area contributed by atoms with Crippen LogP contribution in [0.15, 0.2) is 53.4 Å². The molecule has 1 N–H and O–H groups in total. The number of nitrogens with zero attached hydrogens (tertiary/aromatic N) is 2. The van der Waals surface area contributed by atoms with Crippen LogP contribution >= 0.6 is 11.3 Å². The second-order valence-electron chi connectivity index (χ2n) is 7.11. The number of aromatic nitrogens is 1. The van der Waals surface area contributed by atoms with Gasteiger partial charge < -0.3 is 0 Å². The Hall–Kier alpha value is -2.55. The highest BCUT2D eigenvalue weighted by atomic mass is 32.2. The molecule has 0 bridgehead atoms. The van der Waals surface area contributed by atoms with E-state index < -0.39 is 10.0 Å². The Bertz CT molecular complexity index is 1170. The zero-order chi connectivity index (χ0) is 20.6. The number of rotatable bonds is 4. The first kappa shape index (κ1) is 19.8. The van der Waals surface area contributed by atoms with Crippen LogP contribution in [0.1, 0.15) is 32.1 Å². The van der Waals surface area contributed by atoms with Crippen molar-refractivity contribution >= 4 is 32.4 Å². The lowest BCUT2D eigenvalue weighted by atomic mass is 10.1. The Morgan fingerprint density at radius 1 is 1.10 bits per heavy atom. The molecule has 3 aromatic rings. The first-order valence-electron chi connectivity index (χ1n) is 9.26. The van der Waals surface area contributed by atoms with Crippen LogP contribution in [0.25, 0.3) is 0 Å². The van der Waals surface area contributed by atoms with Gasteiger partial charge in [-0.1, -0.05) is 35.4 Å². The molecule has 150 valence electrons. The maximum atomic E-state index is 13.0. The average Bonchev–Trinajstić information content (AvgIpc) is 3.09. The lowest BCUT2D eigenvalue weighted by molar-refractivity contribution is 0.102. The van der Waals surface area contributed by atoms with E-state index in [-0.39, 0.29) is 12.5 Å². The number of carbonyl (C=O) groups excluding carboxylic acids is 1. The van der Waals surface area contributed by atoms with E-state index in [9.17, 15) is 13.2 Å². The molecule has 0 spiro atoms. The molecule has 0 aliphatic carbocycles. The number of amides is 1. The maximum Gasteiger partial charge on any atom is 0.257 e. The molecule has 1 amide bonds. The molecule has 6 nitrogen and oxygen atoms in total. The minimum Gasteiger partial charge on any atom is -0.298 e. The van der Waals surface area contributed by atoms with Crippen molar-refractivity contribution < 1.29 is 13.2 Å². The average molecular weight is 428 g/mol. The van der Waals surface area contributed by atoms with Gasteiger partial charge in [0, 0.05) is 23.4 Å². The van der Waals surface area contributed by atoms with Gasteiger partial charge in [0.25, 0.3) is 5.91 Å². The van der Waals surface area contributed by atoms with Crippen LogP contribution in [0.3, 0.4) is 0 Å². The third-order valence-corrected chi connectivity index (χ3v) is 7.71. The van der Waals surface area contributed by atoms with Crippen molar-refractivity contribution in [2.75, 3.05) is 11.9 Å². The predicted octanol–water partition coefficient (Wildman–Crippen LogP) is 3.76. The van der Waals surface area contributed by atoms with Crippen LogP contribution in [0.5, 0.6) is 0 Å². The molecule has 1 aliphatic rings. The van der Waals surface area contributed by atoms with Crippen LogP contribution < -0.4 is 5.32 Å². The van der Waals surface area contributed by atoms with E-state index in [0.29, 0.717) is 28.6 Å². The van der Waals surface area contributed by atoms with Gasteiger partial charge in [-0.15, -0.1) is 11.3 Å². The Morgan fingerprint density at radius 3 is 2.59 bits per heavy atom. The largest absolute Gasteiger partial charge is 0.298 e. The molecule has 29 heavy (non-hydrogen) atoms. The Kier molecular flexibility index (Phi) is 5.24. The summed E-state index contributed by atoms with van der Waals surface area (Å²) in [7, 11) is -3.56. The molecule has 2 heterocycles. The van der Waals surface area contributed by atoms with Crippen LogP contribution in [0, 0.1) is 13.8 Å². The smallest absolute Gasteiger partial charge is 0.257 e. The van der Waals surface area contributed by atoms with Gasteiger partial charge in [0.05, 0.1) is 17.1 Å². The SMILES string of the molecule is Cc1ccc(S(=O)(=O)N2CCc3nc(NC(=O)c4cccc(C)c4)sc3C2)cc1. The number of hydrogen-bond acceptors (Lipinski definition) is 5. The van der Waals surface area contributed by atoms with Crippen LogP contribution in [0.2, 0.25) is 0 Å². The lowest BCUT2D eigenvalue weighted by Crippen LogP contribution is -2.35. The molecule has 2 aromatic carbocycles. The van der Waals surface area contributed by atoms with Crippen LogP contribution in [-0.2, 0) is 23.0 Å². The van der Waals surface area contributed by atoms with Crippen molar-refractivity contribution in [3.8, 4) is 0 Å². The maximum absolute atomic E-state index is 13.0. The van der Waals surface area contributed by atoms with E-state index in [1.807, 2.05) is 32.0 Å². The first-order valence-corrected chi connectivity index (χ1v) is 11.5. The summed E-state index contributed by atoms with van der Waals surface area (Å²) in [6.07, 6.45) is 0.525. The van der Waals surface area contributed by atoms with Crippen LogP contribution in [0.4, 0.5) is 5.13 Å². The quantitative estimate of drug-likeness (QED) is 0.688. The molecule has 1 aromatic heterocycles. The number of hydrogen-bond donors (Lipinski definition) is 1. The van der Waals surface area contributed by atoms with E-state index in [0.717, 1.165) is 21.7 Å². The molecular formula is C21H21N3O3S2. The zero-order valence-corrected chi connectivity index (χ0v) is 17.8. The molecule has 0 fully saturated rings. The summed E-state index contributed by atoms with van der Waals surface area (Å²) in [5, 5.41) is 3.33. The predicted molar refractivity (Wildman–Crippen MR) is 114 cm³/mol. The Balaban J connectivity index is 1.51. The second kappa shape index (κ2) is 7.70. The van der Waals surface area contributed by atoms with Gasteiger partial charge >= 0.3 is 0 Å². The summed E-state index contributed by atoms with van der Waals surface area (Å²) in [6, 6.07) is 14.2. The van der Waals surface area contributed by atoms with Gasteiger partial charge in [0.1, 0.15) is 0 Å². The first-order chi connectivity index (χ1) is 13.8. The van der Waals surface area contributed by atoms with Gasteiger partial charge in [-0.2, -0.15) is 4.31 Å². The fourth-order valence-corrected chi connectivity index (χ4v) is 5.76. The number of benzene rings is 2. The molecule has 0 saturated carbocycles. The summed E-state index contributed by atoms with van der Waals surface area (Å²) < 4.78 is 27.4.